The van der Waals surface area contributed by atoms with Crippen molar-refractivity contribution < 1.29 is 28.7 Å². The molecule has 0 saturated heterocycles. The molecule has 1 aromatic rings. The maximum absolute atomic E-state index is 12.2. The number of carbonyl (C=O) groups excluding carboxylic acids is 5. The van der Waals surface area contributed by atoms with Gasteiger partial charge >= 0.3 is 12.0 Å². The maximum atomic E-state index is 12.2. The van der Waals surface area contributed by atoms with Crippen molar-refractivity contribution in [2.75, 3.05) is 13.2 Å². The van der Waals surface area contributed by atoms with Gasteiger partial charge in [0.25, 0.3) is 17.7 Å². The third kappa shape index (κ3) is 4.79. The molecule has 3 rings (SSSR count). The van der Waals surface area contributed by atoms with Crippen LogP contribution in [0.2, 0.25) is 0 Å². The van der Waals surface area contributed by atoms with E-state index in [1.165, 1.54) is 12.1 Å². The molecule has 1 aliphatic carbocycles. The molecule has 0 unspecified atom stereocenters. The number of ether oxygens (including phenoxy) is 1. The summed E-state index contributed by atoms with van der Waals surface area (Å²) in [6, 6.07) is 5.61. The van der Waals surface area contributed by atoms with E-state index in [0.717, 1.165) is 30.6 Å². The number of urea groups is 1. The topological polar surface area (TPSA) is 122 Å². The van der Waals surface area contributed by atoms with Crippen molar-refractivity contribution in [3.63, 3.8) is 0 Å². The standard InChI is InChI=1S/C20H23N3O6/c1-12-6-2-5-9-15(12)21-20(28)22-16(24)11-29-17(25)10-23-18(26)13-7-3-4-8-14(13)19(23)27/h3-4,7-8,12,15H,2,5-6,9-11H2,1H3,(H2,21,22,24,28)/t12-,15+/m1/s1. The lowest BCUT2D eigenvalue weighted by Gasteiger charge is -2.29. The van der Waals surface area contributed by atoms with Crippen LogP contribution in [0.15, 0.2) is 24.3 Å². The highest BCUT2D eigenvalue weighted by molar-refractivity contribution is 6.22. The second-order valence-electron chi connectivity index (χ2n) is 7.29. The van der Waals surface area contributed by atoms with Crippen molar-refractivity contribution in [3.8, 4) is 0 Å². The van der Waals surface area contributed by atoms with Crippen LogP contribution in [0.1, 0.15) is 53.3 Å². The fourth-order valence-corrected chi connectivity index (χ4v) is 3.60. The summed E-state index contributed by atoms with van der Waals surface area (Å²) in [6.45, 7) is 0.758. The Morgan fingerprint density at radius 1 is 1.07 bits per heavy atom. The maximum Gasteiger partial charge on any atom is 0.326 e. The van der Waals surface area contributed by atoms with Gasteiger partial charge in [-0.1, -0.05) is 31.9 Å². The smallest absolute Gasteiger partial charge is 0.326 e. The summed E-state index contributed by atoms with van der Waals surface area (Å²) in [4.78, 5) is 60.9. The third-order valence-corrected chi connectivity index (χ3v) is 5.21. The number of rotatable bonds is 5. The normalized spacial score (nSPS) is 20.8. The minimum Gasteiger partial charge on any atom is -0.454 e. The number of fused-ring (bicyclic) bond motifs is 1. The number of carbonyl (C=O) groups is 5. The van der Waals surface area contributed by atoms with Gasteiger partial charge in [-0.25, -0.2) is 4.79 Å². The number of hydrogen-bond acceptors (Lipinski definition) is 6. The molecular weight excluding hydrogens is 378 g/mol. The van der Waals surface area contributed by atoms with Crippen LogP contribution >= 0.6 is 0 Å². The van der Waals surface area contributed by atoms with Crippen molar-refractivity contribution in [2.24, 2.45) is 5.92 Å². The minimum absolute atomic E-state index is 0.00734. The van der Waals surface area contributed by atoms with Gasteiger partial charge in [0.15, 0.2) is 6.61 Å². The van der Waals surface area contributed by atoms with Gasteiger partial charge < -0.3 is 10.1 Å². The Kier molecular flexibility index (Phi) is 6.26. The molecule has 0 radical (unpaired) electrons. The summed E-state index contributed by atoms with van der Waals surface area (Å²) in [5, 5.41) is 4.87. The molecule has 1 aliphatic heterocycles. The highest BCUT2D eigenvalue weighted by atomic mass is 16.5. The zero-order chi connectivity index (χ0) is 21.0. The monoisotopic (exact) mass is 401 g/mol. The molecule has 0 bridgehead atoms. The molecule has 0 spiro atoms. The Morgan fingerprint density at radius 3 is 2.31 bits per heavy atom. The average Bonchev–Trinajstić information content (AvgIpc) is 2.93. The van der Waals surface area contributed by atoms with Crippen LogP contribution < -0.4 is 10.6 Å². The summed E-state index contributed by atoms with van der Waals surface area (Å²) in [7, 11) is 0. The van der Waals surface area contributed by atoms with E-state index in [2.05, 4.69) is 10.6 Å². The average molecular weight is 401 g/mol. The van der Waals surface area contributed by atoms with Gasteiger partial charge in [-0.3, -0.25) is 29.4 Å². The lowest BCUT2D eigenvalue weighted by Crippen LogP contribution is -2.48. The van der Waals surface area contributed by atoms with E-state index in [-0.39, 0.29) is 17.2 Å². The van der Waals surface area contributed by atoms with Crippen LogP contribution in [-0.2, 0) is 14.3 Å². The first-order valence-corrected chi connectivity index (χ1v) is 9.58. The van der Waals surface area contributed by atoms with E-state index in [1.807, 2.05) is 6.92 Å². The SMILES string of the molecule is C[C@@H]1CCCC[C@@H]1NC(=O)NC(=O)COC(=O)CN1C(=O)c2ccccc2C1=O. The van der Waals surface area contributed by atoms with E-state index in [4.69, 9.17) is 4.74 Å². The predicted molar refractivity (Wildman–Crippen MR) is 101 cm³/mol. The second kappa shape index (κ2) is 8.85. The third-order valence-electron chi connectivity index (χ3n) is 5.21. The Morgan fingerprint density at radius 2 is 1.69 bits per heavy atom. The van der Waals surface area contributed by atoms with Crippen LogP contribution in [0.5, 0.6) is 0 Å². The molecule has 9 nitrogen and oxygen atoms in total. The van der Waals surface area contributed by atoms with Gasteiger partial charge in [-0.15, -0.1) is 0 Å². The molecule has 29 heavy (non-hydrogen) atoms. The van der Waals surface area contributed by atoms with Crippen molar-refractivity contribution in [1.82, 2.24) is 15.5 Å². The van der Waals surface area contributed by atoms with E-state index >= 15 is 0 Å². The van der Waals surface area contributed by atoms with Crippen LogP contribution in [0, 0.1) is 5.92 Å². The van der Waals surface area contributed by atoms with Crippen molar-refractivity contribution >= 4 is 29.7 Å². The molecule has 1 saturated carbocycles. The first kappa shape index (κ1) is 20.5. The Balaban J connectivity index is 1.42. The Bertz CT molecular complexity index is 817. The lowest BCUT2D eigenvalue weighted by atomic mass is 9.86. The van der Waals surface area contributed by atoms with Gasteiger partial charge in [-0.2, -0.15) is 0 Å². The van der Waals surface area contributed by atoms with Crippen LogP contribution in [0.25, 0.3) is 0 Å². The first-order chi connectivity index (χ1) is 13.9. The minimum atomic E-state index is -0.920. The second-order valence-corrected chi connectivity index (χ2v) is 7.29. The zero-order valence-electron chi connectivity index (χ0n) is 16.1. The first-order valence-electron chi connectivity index (χ1n) is 9.58. The molecule has 2 atom stereocenters. The molecule has 5 amide bonds. The highest BCUT2D eigenvalue weighted by Gasteiger charge is 2.36. The Hall–Kier alpha value is -3.23. The van der Waals surface area contributed by atoms with Gasteiger partial charge in [0.05, 0.1) is 11.1 Å². The van der Waals surface area contributed by atoms with Gasteiger partial charge in [0.1, 0.15) is 6.54 Å². The number of benzene rings is 1. The Labute approximate surface area is 167 Å². The molecule has 1 aromatic carbocycles. The summed E-state index contributed by atoms with van der Waals surface area (Å²) in [5.41, 5.74) is 0.438. The summed E-state index contributed by atoms with van der Waals surface area (Å²) in [5.74, 6) is -2.55. The number of esters is 1. The number of hydrogen-bond donors (Lipinski definition) is 2. The van der Waals surface area contributed by atoms with Gasteiger partial charge in [0.2, 0.25) is 0 Å². The lowest BCUT2D eigenvalue weighted by molar-refractivity contribution is -0.148. The van der Waals surface area contributed by atoms with Crippen LogP contribution in [0.3, 0.4) is 0 Å². The number of imide groups is 2. The van der Waals surface area contributed by atoms with E-state index in [1.54, 1.807) is 12.1 Å². The largest absolute Gasteiger partial charge is 0.454 e. The molecule has 2 N–H and O–H groups in total. The quantitative estimate of drug-likeness (QED) is 0.565. The van der Waals surface area contributed by atoms with Crippen LogP contribution in [-0.4, -0.2) is 53.8 Å². The van der Waals surface area contributed by atoms with Crippen molar-refractivity contribution in [2.45, 2.75) is 38.6 Å². The number of nitrogens with zero attached hydrogens (tertiary/aromatic N) is 1. The molecular formula is C20H23N3O6. The fraction of sp³-hybridized carbons (Fsp3) is 0.450. The van der Waals surface area contributed by atoms with E-state index in [9.17, 15) is 24.0 Å². The molecule has 0 aromatic heterocycles. The zero-order valence-corrected chi connectivity index (χ0v) is 16.1. The van der Waals surface area contributed by atoms with E-state index in [0.29, 0.717) is 5.92 Å². The molecule has 1 fully saturated rings. The van der Waals surface area contributed by atoms with Gasteiger partial charge in [0, 0.05) is 6.04 Å². The molecule has 9 heteroatoms. The van der Waals surface area contributed by atoms with E-state index < -0.39 is 42.9 Å². The fourth-order valence-electron chi connectivity index (χ4n) is 3.60. The highest BCUT2D eigenvalue weighted by Crippen LogP contribution is 2.23. The number of amides is 5. The van der Waals surface area contributed by atoms with Crippen molar-refractivity contribution in [1.29, 1.82) is 0 Å². The summed E-state index contributed by atoms with van der Waals surface area (Å²) in [6.07, 6.45) is 4.04. The summed E-state index contributed by atoms with van der Waals surface area (Å²) < 4.78 is 4.80. The number of nitrogens with one attached hydrogen (secondary N) is 2. The summed E-state index contributed by atoms with van der Waals surface area (Å²) >= 11 is 0. The molecule has 154 valence electrons. The molecule has 1 heterocycles. The van der Waals surface area contributed by atoms with Crippen molar-refractivity contribution in [3.05, 3.63) is 35.4 Å². The van der Waals surface area contributed by atoms with Gasteiger partial charge in [-0.05, 0) is 30.9 Å². The molecule has 2 aliphatic rings. The predicted octanol–water partition coefficient (Wildman–Crippen LogP) is 1.23. The van der Waals surface area contributed by atoms with Crippen LogP contribution in [0.4, 0.5) is 4.79 Å².